The molecule has 0 unspecified atom stereocenters. The number of anilines is 1. The number of phenolic OH excluding ortho intramolecular Hbond substituents is 1. The van der Waals surface area contributed by atoms with E-state index in [2.05, 4.69) is 10.6 Å². The Morgan fingerprint density at radius 1 is 1.24 bits per heavy atom. The largest absolute Gasteiger partial charge is 0.507 e. The minimum Gasteiger partial charge on any atom is -0.507 e. The highest BCUT2D eigenvalue weighted by atomic mass is 19.1. The Kier molecular flexibility index (Phi) is 3.58. The topological polar surface area (TPSA) is 61.4 Å². The summed E-state index contributed by atoms with van der Waals surface area (Å²) in [6, 6.07) is 9.41. The molecule has 0 bridgehead atoms. The van der Waals surface area contributed by atoms with E-state index < -0.39 is 11.7 Å². The van der Waals surface area contributed by atoms with E-state index in [1.807, 2.05) is 12.1 Å². The summed E-state index contributed by atoms with van der Waals surface area (Å²) >= 11 is 0. The van der Waals surface area contributed by atoms with Crippen LogP contribution in [-0.2, 0) is 13.0 Å². The molecular weight excluding hydrogens is 271 g/mol. The van der Waals surface area contributed by atoms with Crippen LogP contribution in [0.4, 0.5) is 10.1 Å². The number of benzene rings is 2. The second kappa shape index (κ2) is 5.54. The molecule has 3 N–H and O–H groups in total. The molecule has 2 aromatic rings. The van der Waals surface area contributed by atoms with Crippen molar-refractivity contribution in [2.75, 3.05) is 11.9 Å². The lowest BCUT2D eigenvalue weighted by molar-refractivity contribution is 0.102. The molecule has 5 heteroatoms. The quantitative estimate of drug-likeness (QED) is 0.794. The van der Waals surface area contributed by atoms with Gasteiger partial charge < -0.3 is 15.7 Å². The maximum absolute atomic E-state index is 13.6. The van der Waals surface area contributed by atoms with Crippen molar-refractivity contribution >= 4 is 11.6 Å². The molecular formula is C16H15FN2O2. The second-order valence-corrected chi connectivity index (χ2v) is 5.00. The monoisotopic (exact) mass is 286 g/mol. The molecule has 0 saturated heterocycles. The fourth-order valence-corrected chi connectivity index (χ4v) is 2.49. The highest BCUT2D eigenvalue weighted by Crippen LogP contribution is 2.23. The van der Waals surface area contributed by atoms with Gasteiger partial charge in [0.1, 0.15) is 17.1 Å². The van der Waals surface area contributed by atoms with Gasteiger partial charge >= 0.3 is 0 Å². The Hall–Kier alpha value is -2.40. The normalized spacial score (nSPS) is 13.6. The molecule has 1 aliphatic heterocycles. The number of hydrogen-bond donors (Lipinski definition) is 3. The first-order valence-corrected chi connectivity index (χ1v) is 6.76. The number of phenols is 1. The number of carbonyl (C=O) groups excluding carboxylic acids is 1. The summed E-state index contributed by atoms with van der Waals surface area (Å²) in [4.78, 5) is 12.1. The van der Waals surface area contributed by atoms with Crippen LogP contribution in [-0.4, -0.2) is 17.6 Å². The van der Waals surface area contributed by atoms with E-state index in [-0.39, 0.29) is 11.3 Å². The molecule has 0 radical (unpaired) electrons. The third kappa shape index (κ3) is 2.73. The molecule has 0 saturated carbocycles. The molecule has 108 valence electrons. The van der Waals surface area contributed by atoms with E-state index >= 15 is 0 Å². The zero-order chi connectivity index (χ0) is 14.8. The average molecular weight is 286 g/mol. The lowest BCUT2D eigenvalue weighted by Gasteiger charge is -2.18. The smallest absolute Gasteiger partial charge is 0.262 e. The first-order valence-electron chi connectivity index (χ1n) is 6.76. The van der Waals surface area contributed by atoms with Crippen LogP contribution in [0, 0.1) is 5.82 Å². The number of halogens is 1. The molecule has 0 fully saturated rings. The summed E-state index contributed by atoms with van der Waals surface area (Å²) in [5.41, 5.74) is 2.62. The van der Waals surface area contributed by atoms with Crippen molar-refractivity contribution in [1.29, 1.82) is 0 Å². The van der Waals surface area contributed by atoms with E-state index in [0.717, 1.165) is 31.1 Å². The van der Waals surface area contributed by atoms with E-state index in [1.165, 1.54) is 17.7 Å². The molecule has 0 atom stereocenters. The van der Waals surface area contributed by atoms with Gasteiger partial charge in [-0.1, -0.05) is 12.1 Å². The van der Waals surface area contributed by atoms with Gasteiger partial charge in [-0.05, 0) is 48.4 Å². The van der Waals surface area contributed by atoms with E-state index in [1.54, 1.807) is 6.07 Å². The maximum Gasteiger partial charge on any atom is 0.262 e. The molecule has 1 amide bonds. The third-order valence-corrected chi connectivity index (χ3v) is 3.57. The number of rotatable bonds is 2. The molecule has 1 aliphatic rings. The first-order chi connectivity index (χ1) is 10.1. The summed E-state index contributed by atoms with van der Waals surface area (Å²) in [5, 5.41) is 15.5. The maximum atomic E-state index is 13.6. The molecule has 3 rings (SSSR count). The fraction of sp³-hybridized carbons (Fsp3) is 0.188. The van der Waals surface area contributed by atoms with Gasteiger partial charge in [0.2, 0.25) is 0 Å². The van der Waals surface area contributed by atoms with Crippen molar-refractivity contribution < 1.29 is 14.3 Å². The Balaban J connectivity index is 1.85. The van der Waals surface area contributed by atoms with Crippen molar-refractivity contribution in [3.8, 4) is 5.75 Å². The summed E-state index contributed by atoms with van der Waals surface area (Å²) in [6.07, 6.45) is 0.956. The van der Waals surface area contributed by atoms with Crippen LogP contribution in [0.2, 0.25) is 0 Å². The molecule has 0 spiro atoms. The molecule has 0 aliphatic carbocycles. The standard InChI is InChI=1S/C16H15FN2O2/c17-13-2-1-3-14(20)15(13)16(21)19-12-5-4-10-6-7-18-9-11(10)8-12/h1-5,8,18,20H,6-7,9H2,(H,19,21). The van der Waals surface area contributed by atoms with Crippen LogP contribution >= 0.6 is 0 Å². The molecule has 21 heavy (non-hydrogen) atoms. The average Bonchev–Trinajstić information content (AvgIpc) is 2.47. The highest BCUT2D eigenvalue weighted by Gasteiger charge is 2.17. The number of carbonyl (C=O) groups is 1. The van der Waals surface area contributed by atoms with Gasteiger partial charge in [0.05, 0.1) is 0 Å². The molecule has 1 heterocycles. The predicted octanol–water partition coefficient (Wildman–Crippen LogP) is 2.43. The second-order valence-electron chi connectivity index (χ2n) is 5.00. The van der Waals surface area contributed by atoms with E-state index in [9.17, 15) is 14.3 Å². The fourth-order valence-electron chi connectivity index (χ4n) is 2.49. The van der Waals surface area contributed by atoms with Gasteiger partial charge in [0.25, 0.3) is 5.91 Å². The molecule has 4 nitrogen and oxygen atoms in total. The number of hydrogen-bond acceptors (Lipinski definition) is 3. The lowest BCUT2D eigenvalue weighted by atomic mass is 10.0. The Labute approximate surface area is 121 Å². The predicted molar refractivity (Wildman–Crippen MR) is 77.9 cm³/mol. The van der Waals surface area contributed by atoms with Gasteiger partial charge in [0.15, 0.2) is 0 Å². The lowest BCUT2D eigenvalue weighted by Crippen LogP contribution is -2.23. The zero-order valence-corrected chi connectivity index (χ0v) is 11.3. The van der Waals surface area contributed by atoms with Crippen molar-refractivity contribution in [2.24, 2.45) is 0 Å². The number of amides is 1. The van der Waals surface area contributed by atoms with Crippen LogP contribution < -0.4 is 10.6 Å². The van der Waals surface area contributed by atoms with Crippen molar-refractivity contribution in [3.05, 3.63) is 58.9 Å². The van der Waals surface area contributed by atoms with Gasteiger partial charge in [-0.2, -0.15) is 0 Å². The van der Waals surface area contributed by atoms with Crippen LogP contribution in [0.25, 0.3) is 0 Å². The summed E-state index contributed by atoms with van der Waals surface area (Å²) < 4.78 is 13.6. The van der Waals surface area contributed by atoms with Gasteiger partial charge in [-0.3, -0.25) is 4.79 Å². The van der Waals surface area contributed by atoms with Gasteiger partial charge in [0, 0.05) is 12.2 Å². The summed E-state index contributed by atoms with van der Waals surface area (Å²) in [6.45, 7) is 1.70. The van der Waals surface area contributed by atoms with Crippen LogP contribution in [0.5, 0.6) is 5.75 Å². The van der Waals surface area contributed by atoms with Crippen molar-refractivity contribution in [1.82, 2.24) is 5.32 Å². The summed E-state index contributed by atoms with van der Waals surface area (Å²) in [5.74, 6) is -1.77. The summed E-state index contributed by atoms with van der Waals surface area (Å²) in [7, 11) is 0. The SMILES string of the molecule is O=C(Nc1ccc2c(c1)CNCC2)c1c(O)cccc1F. The Morgan fingerprint density at radius 3 is 2.90 bits per heavy atom. The number of nitrogens with one attached hydrogen (secondary N) is 2. The Bertz CT molecular complexity index is 680. The zero-order valence-electron chi connectivity index (χ0n) is 11.3. The minimum absolute atomic E-state index is 0.339. The van der Waals surface area contributed by atoms with Crippen molar-refractivity contribution in [3.63, 3.8) is 0 Å². The highest BCUT2D eigenvalue weighted by molar-refractivity contribution is 6.06. The number of aromatic hydroxyl groups is 1. The van der Waals surface area contributed by atoms with Crippen LogP contribution in [0.3, 0.4) is 0 Å². The van der Waals surface area contributed by atoms with Crippen LogP contribution in [0.15, 0.2) is 36.4 Å². The first kappa shape index (κ1) is 13.6. The molecule has 2 aromatic carbocycles. The van der Waals surface area contributed by atoms with E-state index in [0.29, 0.717) is 5.69 Å². The molecule has 0 aromatic heterocycles. The van der Waals surface area contributed by atoms with Gasteiger partial charge in [-0.15, -0.1) is 0 Å². The van der Waals surface area contributed by atoms with Crippen molar-refractivity contribution in [2.45, 2.75) is 13.0 Å². The van der Waals surface area contributed by atoms with E-state index in [4.69, 9.17) is 0 Å². The minimum atomic E-state index is -0.743. The Morgan fingerprint density at radius 2 is 2.10 bits per heavy atom. The van der Waals surface area contributed by atoms with Crippen LogP contribution in [0.1, 0.15) is 21.5 Å². The van der Waals surface area contributed by atoms with Gasteiger partial charge in [-0.25, -0.2) is 4.39 Å². The third-order valence-electron chi connectivity index (χ3n) is 3.57. The number of fused-ring (bicyclic) bond motifs is 1.